The molecule has 0 aliphatic carbocycles. The standard InChI is InChI=1S/C12H21N3/c1-4-9-15(5-2)10-11-7-6-8-12(13-3)14-11/h6-8H,4-5,9-10H2,1-3H3,(H,13,14). The maximum atomic E-state index is 4.51. The second-order valence-corrected chi connectivity index (χ2v) is 3.63. The molecule has 0 aromatic carbocycles. The van der Waals surface area contributed by atoms with Gasteiger partial charge in [-0.15, -0.1) is 0 Å². The minimum absolute atomic E-state index is 0.944. The van der Waals surface area contributed by atoms with Crippen LogP contribution in [0.15, 0.2) is 18.2 Å². The first kappa shape index (κ1) is 12.0. The van der Waals surface area contributed by atoms with E-state index in [1.54, 1.807) is 0 Å². The van der Waals surface area contributed by atoms with Gasteiger partial charge in [-0.1, -0.05) is 19.9 Å². The minimum atomic E-state index is 0.944. The molecule has 1 N–H and O–H groups in total. The van der Waals surface area contributed by atoms with Crippen molar-refractivity contribution in [2.24, 2.45) is 0 Å². The lowest BCUT2D eigenvalue weighted by Crippen LogP contribution is -2.24. The fourth-order valence-corrected chi connectivity index (χ4v) is 1.60. The van der Waals surface area contributed by atoms with Gasteiger partial charge in [-0.05, 0) is 31.6 Å². The van der Waals surface area contributed by atoms with Gasteiger partial charge >= 0.3 is 0 Å². The highest BCUT2D eigenvalue weighted by Gasteiger charge is 2.03. The largest absolute Gasteiger partial charge is 0.373 e. The third kappa shape index (κ3) is 3.88. The van der Waals surface area contributed by atoms with E-state index in [1.165, 1.54) is 6.42 Å². The quantitative estimate of drug-likeness (QED) is 0.776. The molecule has 84 valence electrons. The van der Waals surface area contributed by atoms with Gasteiger partial charge in [0.05, 0.1) is 5.69 Å². The molecular formula is C12H21N3. The van der Waals surface area contributed by atoms with Crippen molar-refractivity contribution < 1.29 is 0 Å². The number of hydrogen-bond donors (Lipinski definition) is 1. The summed E-state index contributed by atoms with van der Waals surface area (Å²) in [6.07, 6.45) is 1.19. The van der Waals surface area contributed by atoms with Gasteiger partial charge in [0.25, 0.3) is 0 Å². The fraction of sp³-hybridized carbons (Fsp3) is 0.583. The summed E-state index contributed by atoms with van der Waals surface area (Å²) in [5.41, 5.74) is 1.14. The molecule has 0 aliphatic rings. The maximum Gasteiger partial charge on any atom is 0.126 e. The predicted octanol–water partition coefficient (Wildman–Crippen LogP) is 2.36. The molecule has 0 unspecified atom stereocenters. The van der Waals surface area contributed by atoms with Gasteiger partial charge < -0.3 is 5.32 Å². The number of aromatic nitrogens is 1. The van der Waals surface area contributed by atoms with Crippen LogP contribution in [0.5, 0.6) is 0 Å². The van der Waals surface area contributed by atoms with Crippen LogP contribution < -0.4 is 5.32 Å². The van der Waals surface area contributed by atoms with Crippen LogP contribution in [0, 0.1) is 0 Å². The molecule has 3 nitrogen and oxygen atoms in total. The van der Waals surface area contributed by atoms with Gasteiger partial charge in [-0.2, -0.15) is 0 Å². The smallest absolute Gasteiger partial charge is 0.126 e. The molecule has 0 bridgehead atoms. The van der Waals surface area contributed by atoms with E-state index in [-0.39, 0.29) is 0 Å². The van der Waals surface area contributed by atoms with Crippen molar-refractivity contribution in [1.82, 2.24) is 9.88 Å². The van der Waals surface area contributed by atoms with Crippen LogP contribution >= 0.6 is 0 Å². The Labute approximate surface area is 92.5 Å². The van der Waals surface area contributed by atoms with Gasteiger partial charge in [-0.3, -0.25) is 4.90 Å². The molecule has 1 heterocycles. The summed E-state index contributed by atoms with van der Waals surface area (Å²) in [6, 6.07) is 6.12. The number of anilines is 1. The molecule has 0 spiro atoms. The molecule has 0 atom stereocenters. The normalized spacial score (nSPS) is 10.7. The topological polar surface area (TPSA) is 28.2 Å². The highest BCUT2D eigenvalue weighted by Crippen LogP contribution is 2.07. The summed E-state index contributed by atoms with van der Waals surface area (Å²) in [4.78, 5) is 6.91. The predicted molar refractivity (Wildman–Crippen MR) is 65.0 cm³/mol. The molecule has 3 heteroatoms. The van der Waals surface area contributed by atoms with E-state index < -0.39 is 0 Å². The average molecular weight is 207 g/mol. The zero-order valence-corrected chi connectivity index (χ0v) is 9.95. The zero-order chi connectivity index (χ0) is 11.1. The molecule has 0 amide bonds. The summed E-state index contributed by atoms with van der Waals surface area (Å²) in [5, 5.41) is 3.06. The van der Waals surface area contributed by atoms with Crippen LogP contribution in [0.1, 0.15) is 26.0 Å². The van der Waals surface area contributed by atoms with Crippen LogP contribution in [-0.2, 0) is 6.54 Å². The van der Waals surface area contributed by atoms with E-state index in [4.69, 9.17) is 0 Å². The van der Waals surface area contributed by atoms with Crippen molar-refractivity contribution in [2.75, 3.05) is 25.5 Å². The third-order valence-corrected chi connectivity index (χ3v) is 2.44. The fourth-order valence-electron chi connectivity index (χ4n) is 1.60. The number of rotatable bonds is 6. The van der Waals surface area contributed by atoms with Crippen LogP contribution in [-0.4, -0.2) is 30.0 Å². The number of pyridine rings is 1. The number of nitrogens with zero attached hydrogens (tertiary/aromatic N) is 2. The molecule has 1 rings (SSSR count). The van der Waals surface area contributed by atoms with Crippen LogP contribution in [0.4, 0.5) is 5.82 Å². The Morgan fingerprint density at radius 1 is 1.33 bits per heavy atom. The number of nitrogens with one attached hydrogen (secondary N) is 1. The summed E-state index contributed by atoms with van der Waals surface area (Å²) in [6.45, 7) is 7.57. The van der Waals surface area contributed by atoms with Crippen molar-refractivity contribution in [3.63, 3.8) is 0 Å². The van der Waals surface area contributed by atoms with Gasteiger partial charge in [0.15, 0.2) is 0 Å². The van der Waals surface area contributed by atoms with Crippen molar-refractivity contribution >= 4 is 5.82 Å². The average Bonchev–Trinajstić information content (AvgIpc) is 2.29. The molecule has 0 saturated carbocycles. The van der Waals surface area contributed by atoms with Crippen LogP contribution in [0.2, 0.25) is 0 Å². The Bertz CT molecular complexity index is 286. The van der Waals surface area contributed by atoms with Crippen LogP contribution in [0.3, 0.4) is 0 Å². The Morgan fingerprint density at radius 3 is 2.73 bits per heavy atom. The Balaban J connectivity index is 2.61. The highest BCUT2D eigenvalue weighted by molar-refractivity contribution is 5.34. The van der Waals surface area contributed by atoms with Crippen molar-refractivity contribution in [3.8, 4) is 0 Å². The van der Waals surface area contributed by atoms with Gasteiger partial charge in [0.2, 0.25) is 0 Å². The molecule has 0 radical (unpaired) electrons. The molecule has 0 fully saturated rings. The summed E-state index contributed by atoms with van der Waals surface area (Å²) < 4.78 is 0. The summed E-state index contributed by atoms with van der Waals surface area (Å²) in [5.74, 6) is 0.944. The first-order valence-corrected chi connectivity index (χ1v) is 5.66. The first-order chi connectivity index (χ1) is 7.30. The van der Waals surface area contributed by atoms with E-state index >= 15 is 0 Å². The highest BCUT2D eigenvalue weighted by atomic mass is 15.1. The summed E-state index contributed by atoms with van der Waals surface area (Å²) in [7, 11) is 1.90. The van der Waals surface area contributed by atoms with Crippen LogP contribution in [0.25, 0.3) is 0 Å². The van der Waals surface area contributed by atoms with E-state index in [1.807, 2.05) is 19.2 Å². The molecule has 15 heavy (non-hydrogen) atoms. The summed E-state index contributed by atoms with van der Waals surface area (Å²) >= 11 is 0. The monoisotopic (exact) mass is 207 g/mol. The SMILES string of the molecule is CCCN(CC)Cc1cccc(NC)n1. The molecule has 0 saturated heterocycles. The van der Waals surface area contributed by atoms with Crippen molar-refractivity contribution in [2.45, 2.75) is 26.8 Å². The Kier molecular flexibility index (Phi) is 5.12. The molecule has 1 aromatic heterocycles. The zero-order valence-electron chi connectivity index (χ0n) is 9.95. The molecule has 0 aliphatic heterocycles. The van der Waals surface area contributed by atoms with Gasteiger partial charge in [-0.25, -0.2) is 4.98 Å². The second-order valence-electron chi connectivity index (χ2n) is 3.63. The maximum absolute atomic E-state index is 4.51. The second kappa shape index (κ2) is 6.40. The number of hydrogen-bond acceptors (Lipinski definition) is 3. The molecular weight excluding hydrogens is 186 g/mol. The first-order valence-electron chi connectivity index (χ1n) is 5.66. The Morgan fingerprint density at radius 2 is 2.13 bits per heavy atom. The third-order valence-electron chi connectivity index (χ3n) is 2.44. The van der Waals surface area contributed by atoms with Crippen molar-refractivity contribution in [1.29, 1.82) is 0 Å². The lowest BCUT2D eigenvalue weighted by Gasteiger charge is -2.19. The van der Waals surface area contributed by atoms with Gasteiger partial charge in [0.1, 0.15) is 5.82 Å². The van der Waals surface area contributed by atoms with E-state index in [9.17, 15) is 0 Å². The van der Waals surface area contributed by atoms with Crippen molar-refractivity contribution in [3.05, 3.63) is 23.9 Å². The minimum Gasteiger partial charge on any atom is -0.373 e. The van der Waals surface area contributed by atoms with E-state index in [2.05, 4.69) is 35.1 Å². The molecule has 1 aromatic rings. The Hall–Kier alpha value is -1.09. The van der Waals surface area contributed by atoms with E-state index in [0.29, 0.717) is 0 Å². The van der Waals surface area contributed by atoms with Gasteiger partial charge in [0, 0.05) is 13.6 Å². The lowest BCUT2D eigenvalue weighted by atomic mass is 10.3. The lowest BCUT2D eigenvalue weighted by molar-refractivity contribution is 0.277. The van der Waals surface area contributed by atoms with E-state index in [0.717, 1.165) is 31.1 Å².